The van der Waals surface area contributed by atoms with Crippen LogP contribution in [0.25, 0.3) is 6.08 Å². The van der Waals surface area contributed by atoms with Crippen LogP contribution in [0.2, 0.25) is 0 Å². The van der Waals surface area contributed by atoms with Gasteiger partial charge in [0.05, 0.1) is 21.3 Å². The quantitative estimate of drug-likeness (QED) is 0.517. The Morgan fingerprint density at radius 1 is 0.931 bits per heavy atom. The van der Waals surface area contributed by atoms with Crippen LogP contribution in [0, 0.1) is 0 Å². The number of alkyl halides is 2. The van der Waals surface area contributed by atoms with Gasteiger partial charge < -0.3 is 23.7 Å². The summed E-state index contributed by atoms with van der Waals surface area (Å²) in [6, 6.07) is 9.23. The molecule has 0 saturated heterocycles. The lowest BCUT2D eigenvalue weighted by atomic mass is 10.1. The minimum absolute atomic E-state index is 0.0172. The maximum absolute atomic E-state index is 12.5. The smallest absolute Gasteiger partial charge is 0.387 e. The van der Waals surface area contributed by atoms with Crippen molar-refractivity contribution < 1.29 is 37.3 Å². The van der Waals surface area contributed by atoms with Crippen molar-refractivity contribution in [3.63, 3.8) is 0 Å². The molecule has 1 aliphatic rings. The number of hydrogen-bond acceptors (Lipinski definition) is 7. The van der Waals surface area contributed by atoms with Crippen molar-refractivity contribution in [3.05, 3.63) is 53.2 Å². The maximum Gasteiger partial charge on any atom is 0.387 e. The summed E-state index contributed by atoms with van der Waals surface area (Å²) in [5.41, 5.74) is 1.09. The Kier molecular flexibility index (Phi) is 5.96. The molecule has 0 aromatic heterocycles. The number of esters is 1. The van der Waals surface area contributed by atoms with Gasteiger partial charge in [-0.05, 0) is 42.0 Å². The molecule has 0 amide bonds. The van der Waals surface area contributed by atoms with Crippen LogP contribution in [0.3, 0.4) is 0 Å². The number of benzene rings is 2. The van der Waals surface area contributed by atoms with Gasteiger partial charge in [0.2, 0.25) is 5.90 Å². The monoisotopic (exact) mass is 405 g/mol. The summed E-state index contributed by atoms with van der Waals surface area (Å²) in [5.74, 6) is 0.323. The average molecular weight is 405 g/mol. The molecule has 0 radical (unpaired) electrons. The summed E-state index contributed by atoms with van der Waals surface area (Å²) in [5, 5.41) is 0. The summed E-state index contributed by atoms with van der Waals surface area (Å²) >= 11 is 0. The number of halogens is 2. The molecule has 0 N–H and O–H groups in total. The molecular weight excluding hydrogens is 388 g/mol. The Morgan fingerprint density at radius 2 is 1.59 bits per heavy atom. The molecule has 0 unspecified atom stereocenters. The molecule has 1 heterocycles. The van der Waals surface area contributed by atoms with Crippen molar-refractivity contribution in [2.45, 2.75) is 6.61 Å². The molecule has 0 bridgehead atoms. The van der Waals surface area contributed by atoms with Crippen LogP contribution in [0.1, 0.15) is 11.1 Å². The van der Waals surface area contributed by atoms with Crippen LogP contribution in [-0.4, -0.2) is 39.8 Å². The van der Waals surface area contributed by atoms with Crippen LogP contribution in [0.15, 0.2) is 47.1 Å². The number of hydrogen-bond donors (Lipinski definition) is 0. The normalized spacial score (nSPS) is 14.6. The predicted octanol–water partition coefficient (Wildman–Crippen LogP) is 3.66. The minimum Gasteiger partial charge on any atom is -0.493 e. The van der Waals surface area contributed by atoms with Gasteiger partial charge in [-0.3, -0.25) is 0 Å². The summed E-state index contributed by atoms with van der Waals surface area (Å²) < 4.78 is 49.9. The maximum atomic E-state index is 12.5. The van der Waals surface area contributed by atoms with Crippen molar-refractivity contribution in [2.24, 2.45) is 4.99 Å². The van der Waals surface area contributed by atoms with Gasteiger partial charge in [-0.25, -0.2) is 9.79 Å². The minimum atomic E-state index is -2.99. The van der Waals surface area contributed by atoms with Crippen LogP contribution >= 0.6 is 0 Å². The number of ether oxygens (including phenoxy) is 5. The van der Waals surface area contributed by atoms with Crippen LogP contribution in [0.4, 0.5) is 8.78 Å². The molecule has 0 aliphatic carbocycles. The van der Waals surface area contributed by atoms with Crippen molar-refractivity contribution in [3.8, 4) is 23.0 Å². The van der Waals surface area contributed by atoms with Crippen molar-refractivity contribution in [2.75, 3.05) is 21.3 Å². The summed E-state index contributed by atoms with van der Waals surface area (Å²) in [4.78, 5) is 16.4. The standard InChI is InChI=1S/C20H17F2NO6/c1-25-14-6-4-11(9-16(14)26-2)8-13-19(24)29-18(23-13)12-5-7-15(28-20(21)22)17(10-12)27-3/h4-10,20H,1-3H3/b13-8-. The van der Waals surface area contributed by atoms with Crippen molar-refractivity contribution in [1.29, 1.82) is 0 Å². The third-order valence-electron chi connectivity index (χ3n) is 3.96. The summed E-state index contributed by atoms with van der Waals surface area (Å²) in [6.07, 6.45) is 1.53. The molecular formula is C20H17F2NO6. The van der Waals surface area contributed by atoms with Gasteiger partial charge in [0.1, 0.15) is 0 Å². The van der Waals surface area contributed by atoms with Gasteiger partial charge in [0, 0.05) is 5.56 Å². The number of nitrogens with zero attached hydrogens (tertiary/aromatic N) is 1. The Morgan fingerprint density at radius 3 is 2.24 bits per heavy atom. The second-order valence-electron chi connectivity index (χ2n) is 5.69. The van der Waals surface area contributed by atoms with Gasteiger partial charge in [-0.2, -0.15) is 8.78 Å². The SMILES string of the molecule is COc1ccc(/C=C2\N=C(c3ccc(OC(F)F)c(OC)c3)OC2=O)cc1OC. The molecule has 152 valence electrons. The van der Waals surface area contributed by atoms with Crippen LogP contribution < -0.4 is 18.9 Å². The third kappa shape index (κ3) is 4.45. The van der Waals surface area contributed by atoms with Gasteiger partial charge in [-0.1, -0.05) is 6.07 Å². The van der Waals surface area contributed by atoms with E-state index in [9.17, 15) is 13.6 Å². The van der Waals surface area contributed by atoms with Crippen molar-refractivity contribution >= 4 is 17.9 Å². The molecule has 0 atom stereocenters. The first-order valence-electron chi connectivity index (χ1n) is 8.33. The fourth-order valence-corrected chi connectivity index (χ4v) is 2.63. The van der Waals surface area contributed by atoms with E-state index >= 15 is 0 Å². The number of carbonyl (C=O) groups excluding carboxylic acids is 1. The summed E-state index contributed by atoms with van der Waals surface area (Å²) in [7, 11) is 4.33. The van der Waals surface area contributed by atoms with E-state index in [-0.39, 0.29) is 23.1 Å². The summed E-state index contributed by atoms with van der Waals surface area (Å²) in [6.45, 7) is -2.99. The molecule has 1 aliphatic heterocycles. The highest BCUT2D eigenvalue weighted by Crippen LogP contribution is 2.32. The number of rotatable bonds is 7. The Bertz CT molecular complexity index is 987. The number of carbonyl (C=O) groups is 1. The Hall–Kier alpha value is -3.62. The largest absolute Gasteiger partial charge is 0.493 e. The zero-order valence-corrected chi connectivity index (χ0v) is 15.8. The van der Waals surface area contributed by atoms with Gasteiger partial charge >= 0.3 is 12.6 Å². The highest BCUT2D eigenvalue weighted by molar-refractivity contribution is 6.13. The molecule has 29 heavy (non-hydrogen) atoms. The highest BCUT2D eigenvalue weighted by atomic mass is 19.3. The van der Waals surface area contributed by atoms with Gasteiger partial charge in [-0.15, -0.1) is 0 Å². The molecule has 0 fully saturated rings. The van der Waals surface area contributed by atoms with E-state index in [2.05, 4.69) is 9.73 Å². The molecule has 2 aromatic carbocycles. The predicted molar refractivity (Wildman–Crippen MR) is 99.8 cm³/mol. The lowest BCUT2D eigenvalue weighted by Gasteiger charge is -2.10. The van der Waals surface area contributed by atoms with E-state index < -0.39 is 12.6 Å². The Labute approximate surface area is 165 Å². The first kappa shape index (κ1) is 20.1. The van der Waals surface area contributed by atoms with E-state index in [0.29, 0.717) is 22.6 Å². The van der Waals surface area contributed by atoms with Crippen molar-refractivity contribution in [1.82, 2.24) is 0 Å². The van der Waals surface area contributed by atoms with E-state index in [4.69, 9.17) is 18.9 Å². The lowest BCUT2D eigenvalue weighted by Crippen LogP contribution is -2.07. The van der Waals surface area contributed by atoms with Crippen LogP contribution in [-0.2, 0) is 9.53 Å². The zero-order chi connectivity index (χ0) is 21.0. The molecule has 2 aromatic rings. The zero-order valence-electron chi connectivity index (χ0n) is 15.8. The van der Waals surface area contributed by atoms with Crippen LogP contribution in [0.5, 0.6) is 23.0 Å². The van der Waals surface area contributed by atoms with E-state index in [0.717, 1.165) is 0 Å². The third-order valence-corrected chi connectivity index (χ3v) is 3.96. The second kappa shape index (κ2) is 8.59. The number of aliphatic imine (C=N–C) groups is 1. The number of methoxy groups -OCH3 is 3. The topological polar surface area (TPSA) is 75.6 Å². The number of cyclic esters (lactones) is 1. The lowest BCUT2D eigenvalue weighted by molar-refractivity contribution is -0.129. The van der Waals surface area contributed by atoms with Gasteiger partial charge in [0.15, 0.2) is 28.7 Å². The fraction of sp³-hybridized carbons (Fsp3) is 0.200. The fourth-order valence-electron chi connectivity index (χ4n) is 2.63. The van der Waals surface area contributed by atoms with E-state index in [1.54, 1.807) is 18.2 Å². The highest BCUT2D eigenvalue weighted by Gasteiger charge is 2.25. The molecule has 3 rings (SSSR count). The Balaban J connectivity index is 1.91. The average Bonchev–Trinajstić information content (AvgIpc) is 3.08. The molecule has 7 nitrogen and oxygen atoms in total. The molecule has 0 spiro atoms. The first-order valence-corrected chi connectivity index (χ1v) is 8.33. The second-order valence-corrected chi connectivity index (χ2v) is 5.69. The van der Waals surface area contributed by atoms with Gasteiger partial charge in [0.25, 0.3) is 0 Å². The van der Waals surface area contributed by atoms with E-state index in [1.807, 2.05) is 0 Å². The van der Waals surface area contributed by atoms with E-state index in [1.165, 1.54) is 45.6 Å². The molecule has 0 saturated carbocycles. The molecule has 9 heteroatoms. The first-order chi connectivity index (χ1) is 13.9.